The van der Waals surface area contributed by atoms with Gasteiger partial charge in [0.25, 0.3) is 11.1 Å². The summed E-state index contributed by atoms with van der Waals surface area (Å²) in [6.45, 7) is 0.315. The Morgan fingerprint density at radius 3 is 1.75 bits per heavy atom. The summed E-state index contributed by atoms with van der Waals surface area (Å²) in [4.78, 5) is 60.4. The predicted octanol–water partition coefficient (Wildman–Crippen LogP) is 2.86. The molecule has 20 nitrogen and oxygen atoms in total. The Kier molecular flexibility index (Phi) is 13.8. The maximum absolute atomic E-state index is 12.7. The summed E-state index contributed by atoms with van der Waals surface area (Å²) < 4.78 is 1.28. The van der Waals surface area contributed by atoms with Gasteiger partial charge in [0.05, 0.1) is 60.1 Å². The molecule has 8 aromatic rings. The number of rotatable bonds is 11. The topological polar surface area (TPSA) is 294 Å². The third-order valence-corrected chi connectivity index (χ3v) is 10.6. The Balaban J connectivity index is 0.000000165. The smallest absolute Gasteiger partial charge is 0.263 e. The average molecular weight is 900 g/mol. The molecule has 0 saturated carbocycles. The van der Waals surface area contributed by atoms with Gasteiger partial charge in [-0.05, 0) is 45.8 Å². The van der Waals surface area contributed by atoms with E-state index >= 15 is 0 Å². The molecule has 6 heterocycles. The molecule has 6 aromatic heterocycles. The zero-order valence-electron chi connectivity index (χ0n) is 30.0. The lowest BCUT2D eigenvalue weighted by Crippen LogP contribution is -2.23. The Morgan fingerprint density at radius 2 is 1.24 bits per heavy atom. The van der Waals surface area contributed by atoms with Crippen molar-refractivity contribution in [1.82, 2.24) is 59.9 Å². The molecule has 2 amide bonds. The van der Waals surface area contributed by atoms with Crippen molar-refractivity contribution >= 4 is 89.7 Å². The average Bonchev–Trinajstić information content (AvgIpc) is 4.04. The van der Waals surface area contributed by atoms with Crippen molar-refractivity contribution in [2.24, 2.45) is 11.5 Å². The number of primary amides is 2. The SMILES string of the molecule is NC(=O)c1csc2nc[nH]c(=O)c12.NC(=O)c1csc2ncn(Cc3nnn(C[C@H](O)c4ccc(Cl)cc4)n3)c(=O)c12.O[C@@H](Cn1nnc(CCl)n1)c1ccc(Cl)cc1. The summed E-state index contributed by atoms with van der Waals surface area (Å²) >= 11 is 19.6. The molecular formula is C34H29Cl3N14O6S2. The van der Waals surface area contributed by atoms with Crippen LogP contribution in [0.4, 0.5) is 0 Å². The van der Waals surface area contributed by atoms with Crippen molar-refractivity contribution in [1.29, 1.82) is 0 Å². The largest absolute Gasteiger partial charge is 0.386 e. The Labute approximate surface area is 353 Å². The fraction of sp³-hybridized carbons (Fsp3) is 0.176. The second kappa shape index (κ2) is 19.2. The molecule has 0 fully saturated rings. The number of nitrogens with two attached hydrogens (primary N) is 2. The number of aromatic nitrogens is 12. The summed E-state index contributed by atoms with van der Waals surface area (Å²) in [6, 6.07) is 13.7. The van der Waals surface area contributed by atoms with Crippen LogP contribution in [-0.4, -0.2) is 82.0 Å². The number of thiophene rings is 2. The van der Waals surface area contributed by atoms with E-state index in [1.165, 1.54) is 60.2 Å². The van der Waals surface area contributed by atoms with E-state index in [4.69, 9.17) is 46.3 Å². The molecule has 2 aromatic carbocycles. The lowest BCUT2D eigenvalue weighted by atomic mass is 10.1. The van der Waals surface area contributed by atoms with Crippen LogP contribution >= 0.6 is 57.5 Å². The number of nitrogens with zero attached hydrogens (tertiary/aromatic N) is 11. The van der Waals surface area contributed by atoms with Gasteiger partial charge in [-0.25, -0.2) is 9.97 Å². The molecule has 0 unspecified atom stereocenters. The lowest BCUT2D eigenvalue weighted by Gasteiger charge is -2.09. The van der Waals surface area contributed by atoms with Crippen LogP contribution in [0.15, 0.2) is 81.5 Å². The Hall–Kier alpha value is -6.01. The highest BCUT2D eigenvalue weighted by atomic mass is 35.5. The molecule has 7 N–H and O–H groups in total. The number of carbonyl (C=O) groups is 2. The summed E-state index contributed by atoms with van der Waals surface area (Å²) in [5.41, 5.74) is 11.4. The van der Waals surface area contributed by atoms with Gasteiger partial charge in [0, 0.05) is 20.8 Å². The van der Waals surface area contributed by atoms with E-state index in [1.54, 1.807) is 48.5 Å². The van der Waals surface area contributed by atoms with Crippen LogP contribution in [0.3, 0.4) is 0 Å². The number of nitrogens with one attached hydrogen (secondary N) is 1. The van der Waals surface area contributed by atoms with E-state index in [-0.39, 0.29) is 58.8 Å². The molecule has 8 rings (SSSR count). The van der Waals surface area contributed by atoms with E-state index in [0.29, 0.717) is 31.1 Å². The molecule has 59 heavy (non-hydrogen) atoms. The molecule has 0 spiro atoms. The van der Waals surface area contributed by atoms with Crippen molar-refractivity contribution in [3.8, 4) is 0 Å². The first-order valence-electron chi connectivity index (χ1n) is 16.8. The fourth-order valence-electron chi connectivity index (χ4n) is 5.19. The monoisotopic (exact) mass is 898 g/mol. The maximum Gasteiger partial charge on any atom is 0.263 e. The Morgan fingerprint density at radius 1 is 0.746 bits per heavy atom. The van der Waals surface area contributed by atoms with Gasteiger partial charge < -0.3 is 26.7 Å². The number of fused-ring (bicyclic) bond motifs is 2. The van der Waals surface area contributed by atoms with Crippen LogP contribution in [-0.2, 0) is 25.5 Å². The van der Waals surface area contributed by atoms with Crippen LogP contribution in [0.5, 0.6) is 0 Å². The quantitative estimate of drug-likeness (QED) is 0.117. The van der Waals surface area contributed by atoms with Crippen LogP contribution in [0.2, 0.25) is 10.0 Å². The molecule has 304 valence electrons. The number of aliphatic hydroxyl groups is 2. The summed E-state index contributed by atoms with van der Waals surface area (Å²) in [5.74, 6) is -0.392. The van der Waals surface area contributed by atoms with Gasteiger partial charge in [0.1, 0.15) is 21.9 Å². The molecule has 2 atom stereocenters. The number of tetrazole rings is 2. The number of H-pyrrole nitrogens is 1. The number of hydrogen-bond acceptors (Lipinski definition) is 16. The van der Waals surface area contributed by atoms with Gasteiger partial charge in [0.15, 0.2) is 11.6 Å². The number of amides is 2. The number of aromatic amines is 1. The first-order chi connectivity index (χ1) is 28.3. The van der Waals surface area contributed by atoms with Crippen LogP contribution < -0.4 is 22.6 Å². The van der Waals surface area contributed by atoms with Crippen LogP contribution in [0, 0.1) is 0 Å². The van der Waals surface area contributed by atoms with Crippen LogP contribution in [0.1, 0.15) is 55.7 Å². The molecule has 0 saturated heterocycles. The number of alkyl halides is 1. The number of halogens is 3. The highest BCUT2D eigenvalue weighted by molar-refractivity contribution is 7.17. The van der Waals surface area contributed by atoms with Gasteiger partial charge in [-0.1, -0.05) is 47.5 Å². The van der Waals surface area contributed by atoms with E-state index in [1.807, 2.05) is 0 Å². The fourth-order valence-corrected chi connectivity index (χ4v) is 7.34. The second-order valence-corrected chi connectivity index (χ2v) is 14.9. The van der Waals surface area contributed by atoms with Gasteiger partial charge in [-0.15, -0.1) is 54.7 Å². The van der Waals surface area contributed by atoms with E-state index < -0.39 is 29.6 Å². The normalized spacial score (nSPS) is 12.0. The highest BCUT2D eigenvalue weighted by Crippen LogP contribution is 2.22. The second-order valence-electron chi connectivity index (χ2n) is 12.1. The molecule has 0 aliphatic rings. The number of carbonyl (C=O) groups excluding carboxylic acids is 2. The van der Waals surface area contributed by atoms with Crippen molar-refractivity contribution < 1.29 is 19.8 Å². The Bertz CT molecular complexity index is 2840. The zero-order chi connectivity index (χ0) is 42.2. The standard InChI is InChI=1S/C17H14ClN7O3S.C10H10Cl2N4O.C7H5N3O2S/c18-10-3-1-9(2-4-10)12(26)5-25-22-13(21-23-25)6-24-8-20-16-14(17(24)28)11(7-29-16)15(19)27;11-5-10-13-15-16(14-10)6-9(17)7-1-3-8(12)4-2-7;8-5(11)3-1-13-7-4(3)6(12)9-2-10-7/h1-4,7-8,12,26H,5-6H2,(H2,19,27);1-4,9,17H,5-6H2;1-2H,(H2,8,11)(H,9,10,12)/t12-;9-;/m00./s1. The molecule has 25 heteroatoms. The molecule has 0 aliphatic heterocycles. The van der Waals surface area contributed by atoms with Gasteiger partial charge in [-0.3, -0.25) is 23.7 Å². The van der Waals surface area contributed by atoms with Crippen molar-refractivity contribution in [2.75, 3.05) is 0 Å². The maximum atomic E-state index is 12.7. The van der Waals surface area contributed by atoms with E-state index in [0.717, 1.165) is 5.56 Å². The number of hydrogen-bond donors (Lipinski definition) is 5. The minimum Gasteiger partial charge on any atom is -0.386 e. The van der Waals surface area contributed by atoms with Gasteiger partial charge >= 0.3 is 0 Å². The lowest BCUT2D eigenvalue weighted by molar-refractivity contribution is 0.0993. The van der Waals surface area contributed by atoms with E-state index in [2.05, 4.69) is 45.8 Å². The molecule has 0 radical (unpaired) electrons. The summed E-state index contributed by atoms with van der Waals surface area (Å²) in [7, 11) is 0. The third kappa shape index (κ3) is 10.5. The number of aliphatic hydroxyl groups excluding tert-OH is 2. The summed E-state index contributed by atoms with van der Waals surface area (Å²) in [5, 5.41) is 48.4. The minimum absolute atomic E-state index is 0.00681. The van der Waals surface area contributed by atoms with Crippen LogP contribution in [0.25, 0.3) is 20.4 Å². The molecule has 0 aliphatic carbocycles. The third-order valence-electron chi connectivity index (χ3n) is 8.07. The number of benzene rings is 2. The summed E-state index contributed by atoms with van der Waals surface area (Å²) in [6.07, 6.45) is 1.10. The predicted molar refractivity (Wildman–Crippen MR) is 218 cm³/mol. The van der Waals surface area contributed by atoms with Gasteiger partial charge in [0.2, 0.25) is 11.8 Å². The van der Waals surface area contributed by atoms with Crippen molar-refractivity contribution in [3.63, 3.8) is 0 Å². The van der Waals surface area contributed by atoms with Gasteiger partial charge in [-0.2, -0.15) is 9.59 Å². The highest BCUT2D eigenvalue weighted by Gasteiger charge is 2.18. The molecule has 0 bridgehead atoms. The minimum atomic E-state index is -0.848. The zero-order valence-corrected chi connectivity index (χ0v) is 33.9. The van der Waals surface area contributed by atoms with Crippen molar-refractivity contribution in [3.05, 3.63) is 137 Å². The van der Waals surface area contributed by atoms with Crippen molar-refractivity contribution in [2.45, 2.75) is 37.7 Å². The first-order valence-corrected chi connectivity index (χ1v) is 19.8. The first kappa shape index (κ1) is 42.6. The molecular weight excluding hydrogens is 871 g/mol. The van der Waals surface area contributed by atoms with E-state index in [9.17, 15) is 29.4 Å².